The topological polar surface area (TPSA) is 49.4 Å². The molecule has 0 heterocycles. The summed E-state index contributed by atoms with van der Waals surface area (Å²) in [6, 6.07) is 0. The molecule has 4 nitrogen and oxygen atoms in total. The molecule has 14 heavy (non-hydrogen) atoms. The number of methoxy groups -OCH3 is 1. The molecule has 0 fully saturated rings. The summed E-state index contributed by atoms with van der Waals surface area (Å²) in [5.41, 5.74) is 0. The number of hydrogen-bond acceptors (Lipinski definition) is 3. The van der Waals surface area contributed by atoms with E-state index in [0.29, 0.717) is 0 Å². The third kappa shape index (κ3) is 22.5. The molecular formula is C10H23NO3. The molecule has 0 aromatic heterocycles. The molecule has 0 aliphatic rings. The largest absolute Gasteiger partial charge is 0.550 e. The van der Waals surface area contributed by atoms with Crippen LogP contribution in [0.25, 0.3) is 0 Å². The van der Waals surface area contributed by atoms with Gasteiger partial charge in [0.1, 0.15) is 0 Å². The van der Waals surface area contributed by atoms with Crippen LogP contribution in [0.15, 0.2) is 0 Å². The zero-order chi connectivity index (χ0) is 11.6. The first-order valence-corrected chi connectivity index (χ1v) is 4.82. The first-order chi connectivity index (χ1) is 6.33. The van der Waals surface area contributed by atoms with Crippen molar-refractivity contribution in [2.45, 2.75) is 26.2 Å². The van der Waals surface area contributed by atoms with Gasteiger partial charge in [-0.05, 0) is 12.8 Å². The van der Waals surface area contributed by atoms with Crippen LogP contribution in [0, 0.1) is 0 Å². The second kappa shape index (κ2) is 8.97. The number of carbonyl (C=O) groups excluding carboxylic acids is 1. The van der Waals surface area contributed by atoms with Gasteiger partial charge in [-0.25, -0.2) is 0 Å². The van der Waals surface area contributed by atoms with Crippen molar-refractivity contribution in [3.05, 3.63) is 0 Å². The van der Waals surface area contributed by atoms with E-state index < -0.39 is 5.97 Å². The van der Waals surface area contributed by atoms with Gasteiger partial charge in [-0.3, -0.25) is 0 Å². The molecule has 0 N–H and O–H groups in total. The number of carboxylic acids is 1. The van der Waals surface area contributed by atoms with Crippen LogP contribution in [0.3, 0.4) is 0 Å². The molecule has 0 saturated carbocycles. The molecule has 0 bridgehead atoms. The second-order valence-corrected chi connectivity index (χ2v) is 4.18. The van der Waals surface area contributed by atoms with Crippen LogP contribution in [0.2, 0.25) is 0 Å². The van der Waals surface area contributed by atoms with E-state index in [1.807, 2.05) is 6.92 Å². The molecular weight excluding hydrogens is 182 g/mol. The van der Waals surface area contributed by atoms with Crippen LogP contribution >= 0.6 is 0 Å². The van der Waals surface area contributed by atoms with Crippen molar-refractivity contribution in [2.24, 2.45) is 0 Å². The Hall–Kier alpha value is -0.610. The van der Waals surface area contributed by atoms with Crippen LogP contribution in [-0.4, -0.2) is 45.4 Å². The second-order valence-electron chi connectivity index (χ2n) is 4.18. The number of carboxylic acid groups (broad SMARTS) is 1. The number of hydrogen-bond donors (Lipinski definition) is 0. The smallest absolute Gasteiger partial charge is 0.182 e. The quantitative estimate of drug-likeness (QED) is 0.476. The molecule has 0 aromatic carbocycles. The fraction of sp³-hybridized carbons (Fsp3) is 0.900. The van der Waals surface area contributed by atoms with Crippen molar-refractivity contribution in [1.82, 2.24) is 0 Å². The first kappa shape index (κ1) is 15.8. The maximum Gasteiger partial charge on any atom is 0.182 e. The highest BCUT2D eigenvalue weighted by atomic mass is 16.5. The number of ether oxygens (including phenoxy) is 1. The number of aliphatic carboxylic acids is 1. The van der Waals surface area contributed by atoms with Gasteiger partial charge >= 0.3 is 0 Å². The van der Waals surface area contributed by atoms with E-state index in [2.05, 4.69) is 21.1 Å². The summed E-state index contributed by atoms with van der Waals surface area (Å²) in [6.45, 7) is 2.73. The Bertz CT molecular complexity index is 141. The van der Waals surface area contributed by atoms with Gasteiger partial charge in [-0.1, -0.05) is 13.3 Å². The van der Waals surface area contributed by atoms with E-state index in [-0.39, 0.29) is 6.42 Å². The summed E-state index contributed by atoms with van der Waals surface area (Å²) in [4.78, 5) is 9.65. The summed E-state index contributed by atoms with van der Waals surface area (Å²) >= 11 is 0. The lowest BCUT2D eigenvalue weighted by Crippen LogP contribution is -2.35. The maximum absolute atomic E-state index is 9.65. The van der Waals surface area contributed by atoms with Crippen LogP contribution in [0.1, 0.15) is 26.2 Å². The number of unbranched alkanes of at least 4 members (excludes halogenated alkanes) is 1. The Morgan fingerprint density at radius 3 is 1.93 bits per heavy atom. The standard InChI is InChI=1S/C5H14NO.C5H10O2/c1-6(2,3)5-7-4;1-2-3-4-5(6)7/h5H2,1-4H3;2-4H2,1H3,(H,6,7)/q+1;/p-1. The van der Waals surface area contributed by atoms with Crippen molar-refractivity contribution in [1.29, 1.82) is 0 Å². The predicted octanol–water partition coefficient (Wildman–Crippen LogP) is 0.223. The van der Waals surface area contributed by atoms with Gasteiger partial charge in [0.05, 0.1) is 21.1 Å². The molecule has 0 spiro atoms. The Morgan fingerprint density at radius 1 is 1.36 bits per heavy atom. The SMILES string of the molecule is CCCCC(=O)[O-].COC[N+](C)(C)C. The van der Waals surface area contributed by atoms with Gasteiger partial charge in [0, 0.05) is 13.1 Å². The van der Waals surface area contributed by atoms with Gasteiger partial charge < -0.3 is 19.1 Å². The number of carbonyl (C=O) groups is 1. The van der Waals surface area contributed by atoms with Gasteiger partial charge in [0.15, 0.2) is 6.73 Å². The van der Waals surface area contributed by atoms with Crippen molar-refractivity contribution in [2.75, 3.05) is 35.0 Å². The number of quaternary nitrogens is 1. The average molecular weight is 205 g/mol. The Labute approximate surface area is 87.1 Å². The van der Waals surface area contributed by atoms with Crippen molar-refractivity contribution in [3.8, 4) is 0 Å². The first-order valence-electron chi connectivity index (χ1n) is 4.82. The minimum atomic E-state index is -0.943. The highest BCUT2D eigenvalue weighted by Gasteiger charge is 2.02. The van der Waals surface area contributed by atoms with Crippen molar-refractivity contribution in [3.63, 3.8) is 0 Å². The monoisotopic (exact) mass is 205 g/mol. The number of nitrogens with zero attached hydrogens (tertiary/aromatic N) is 1. The van der Waals surface area contributed by atoms with Gasteiger partial charge in [-0.2, -0.15) is 0 Å². The van der Waals surface area contributed by atoms with E-state index in [1.54, 1.807) is 7.11 Å². The van der Waals surface area contributed by atoms with Gasteiger partial charge in [0.25, 0.3) is 0 Å². The summed E-state index contributed by atoms with van der Waals surface area (Å²) in [7, 11) is 7.97. The molecule has 4 heteroatoms. The minimum Gasteiger partial charge on any atom is -0.550 e. The molecule has 0 saturated heterocycles. The van der Waals surface area contributed by atoms with Gasteiger partial charge in [-0.15, -0.1) is 0 Å². The summed E-state index contributed by atoms with van der Waals surface area (Å²) in [6.07, 6.45) is 1.87. The molecule has 86 valence electrons. The highest BCUT2D eigenvalue weighted by Crippen LogP contribution is 1.89. The van der Waals surface area contributed by atoms with Crippen LogP contribution in [-0.2, 0) is 9.53 Å². The molecule has 0 aromatic rings. The van der Waals surface area contributed by atoms with Crippen LogP contribution < -0.4 is 5.11 Å². The van der Waals surface area contributed by atoms with E-state index in [9.17, 15) is 9.90 Å². The Morgan fingerprint density at radius 2 is 1.86 bits per heavy atom. The van der Waals surface area contributed by atoms with E-state index in [0.717, 1.165) is 24.1 Å². The number of rotatable bonds is 5. The lowest BCUT2D eigenvalue weighted by atomic mass is 10.3. The average Bonchev–Trinajstić information content (AvgIpc) is 1.99. The minimum absolute atomic E-state index is 0.205. The van der Waals surface area contributed by atoms with Crippen molar-refractivity contribution < 1.29 is 19.1 Å². The molecule has 0 rings (SSSR count). The lowest BCUT2D eigenvalue weighted by molar-refractivity contribution is -0.890. The van der Waals surface area contributed by atoms with E-state index >= 15 is 0 Å². The zero-order valence-corrected chi connectivity index (χ0v) is 10.0. The lowest BCUT2D eigenvalue weighted by Gasteiger charge is -2.21. The molecule has 0 unspecified atom stereocenters. The van der Waals surface area contributed by atoms with Crippen LogP contribution in [0.5, 0.6) is 0 Å². The summed E-state index contributed by atoms with van der Waals surface area (Å²) in [5, 5.41) is 9.65. The zero-order valence-electron chi connectivity index (χ0n) is 10.0. The summed E-state index contributed by atoms with van der Waals surface area (Å²) < 4.78 is 5.75. The van der Waals surface area contributed by atoms with Crippen LogP contribution in [0.4, 0.5) is 0 Å². The normalized spacial score (nSPS) is 10.4. The molecule has 0 aliphatic heterocycles. The van der Waals surface area contributed by atoms with E-state index in [4.69, 9.17) is 4.74 Å². The maximum atomic E-state index is 9.65. The summed E-state index contributed by atoms with van der Waals surface area (Å²) in [5.74, 6) is -0.943. The Balaban J connectivity index is 0. The molecule has 0 atom stereocenters. The third-order valence-electron chi connectivity index (χ3n) is 1.25. The highest BCUT2D eigenvalue weighted by molar-refractivity contribution is 5.63. The fourth-order valence-electron chi connectivity index (χ4n) is 0.708. The van der Waals surface area contributed by atoms with Gasteiger partial charge in [0.2, 0.25) is 0 Å². The fourth-order valence-corrected chi connectivity index (χ4v) is 0.708. The van der Waals surface area contributed by atoms with E-state index in [1.165, 1.54) is 0 Å². The third-order valence-corrected chi connectivity index (χ3v) is 1.25. The molecule has 0 aliphatic carbocycles. The van der Waals surface area contributed by atoms with Crippen molar-refractivity contribution >= 4 is 5.97 Å². The molecule has 0 radical (unpaired) electrons. The molecule has 0 amide bonds. The Kier molecular flexibility index (Phi) is 10.1. The predicted molar refractivity (Wildman–Crippen MR) is 54.4 cm³/mol.